The van der Waals surface area contributed by atoms with E-state index in [2.05, 4.69) is 10.2 Å². The summed E-state index contributed by atoms with van der Waals surface area (Å²) in [7, 11) is 3.45. The summed E-state index contributed by atoms with van der Waals surface area (Å²) in [5.41, 5.74) is 6.22. The molecular weight excluding hydrogens is 250 g/mol. The first-order chi connectivity index (χ1) is 8.61. The van der Waals surface area contributed by atoms with Crippen LogP contribution in [-0.2, 0) is 7.05 Å². The Morgan fingerprint density at radius 3 is 2.83 bits per heavy atom. The molecule has 2 aromatic rings. The third-order valence-corrected chi connectivity index (χ3v) is 3.46. The number of hydrogen-bond acceptors (Lipinski definition) is 5. The molecule has 0 aliphatic rings. The molecule has 0 spiro atoms. The van der Waals surface area contributed by atoms with Crippen molar-refractivity contribution in [3.05, 3.63) is 30.1 Å². The molecule has 0 fully saturated rings. The van der Waals surface area contributed by atoms with E-state index in [1.54, 1.807) is 30.1 Å². The summed E-state index contributed by atoms with van der Waals surface area (Å²) in [5.74, 6) is 0.729. The molecule has 0 atom stereocenters. The molecule has 0 unspecified atom stereocenters. The molecule has 0 saturated heterocycles. The molecule has 0 bridgehead atoms. The van der Waals surface area contributed by atoms with E-state index in [0.717, 1.165) is 10.1 Å². The minimum Gasteiger partial charge on any atom is -0.497 e. The normalized spacial score (nSPS) is 10.3. The first-order valence-corrected chi connectivity index (χ1v) is 5.97. The monoisotopic (exact) mass is 263 g/mol. The maximum Gasteiger partial charge on any atom is 0.195 e. The van der Waals surface area contributed by atoms with Gasteiger partial charge in [0.25, 0.3) is 0 Å². The molecular formula is C11H13N5OS. The van der Waals surface area contributed by atoms with Crippen LogP contribution in [0.5, 0.6) is 5.75 Å². The van der Waals surface area contributed by atoms with Gasteiger partial charge in [-0.1, -0.05) is 0 Å². The van der Waals surface area contributed by atoms with Crippen LogP contribution in [-0.4, -0.2) is 27.7 Å². The number of benzene rings is 1. The Morgan fingerprint density at radius 2 is 2.28 bits per heavy atom. The lowest BCUT2D eigenvalue weighted by Crippen LogP contribution is -2.12. The lowest BCUT2D eigenvalue weighted by Gasteiger charge is -2.09. The van der Waals surface area contributed by atoms with Crippen molar-refractivity contribution < 1.29 is 4.74 Å². The minimum atomic E-state index is 0.0160. The Labute approximate surface area is 109 Å². The first-order valence-electron chi connectivity index (χ1n) is 5.16. The topological polar surface area (TPSA) is 89.8 Å². The van der Waals surface area contributed by atoms with Crippen molar-refractivity contribution in [3.63, 3.8) is 0 Å². The van der Waals surface area contributed by atoms with Gasteiger partial charge in [0.2, 0.25) is 0 Å². The summed E-state index contributed by atoms with van der Waals surface area (Å²) in [5, 5.41) is 16.1. The fourth-order valence-electron chi connectivity index (χ4n) is 1.40. The molecule has 1 heterocycles. The van der Waals surface area contributed by atoms with Gasteiger partial charge in [-0.2, -0.15) is 0 Å². The van der Waals surface area contributed by atoms with E-state index in [-0.39, 0.29) is 5.84 Å². The number of nitrogens with one attached hydrogen (secondary N) is 1. The number of methoxy groups -OCH3 is 1. The Hall–Kier alpha value is -2.02. The molecule has 2 rings (SSSR count). The van der Waals surface area contributed by atoms with E-state index in [0.29, 0.717) is 11.3 Å². The molecule has 18 heavy (non-hydrogen) atoms. The van der Waals surface area contributed by atoms with Crippen LogP contribution in [0.25, 0.3) is 0 Å². The van der Waals surface area contributed by atoms with E-state index in [1.165, 1.54) is 11.8 Å². The lowest BCUT2D eigenvalue weighted by molar-refractivity contribution is 0.413. The molecule has 94 valence electrons. The fourth-order valence-corrected chi connectivity index (χ4v) is 2.34. The van der Waals surface area contributed by atoms with Crippen molar-refractivity contribution in [1.29, 1.82) is 5.41 Å². The van der Waals surface area contributed by atoms with Crippen molar-refractivity contribution in [1.82, 2.24) is 14.8 Å². The standard InChI is InChI=1S/C11H13N5OS/c1-16-6-14-15-11(16)18-9-5-7(17-2)3-4-8(9)10(12)13/h3-6H,1-2H3,(H3,12,13). The highest BCUT2D eigenvalue weighted by Gasteiger charge is 2.11. The SMILES string of the molecule is COc1ccc(C(=N)N)c(Sc2nncn2C)c1. The second-order valence-electron chi connectivity index (χ2n) is 3.60. The third kappa shape index (κ3) is 2.45. The summed E-state index contributed by atoms with van der Waals surface area (Å²) < 4.78 is 6.97. The average Bonchev–Trinajstić information content (AvgIpc) is 2.74. The van der Waals surface area contributed by atoms with Crippen LogP contribution >= 0.6 is 11.8 Å². The summed E-state index contributed by atoms with van der Waals surface area (Å²) in [4.78, 5) is 0.818. The van der Waals surface area contributed by atoms with Crippen LogP contribution in [0.1, 0.15) is 5.56 Å². The van der Waals surface area contributed by atoms with Crippen LogP contribution in [0, 0.1) is 5.41 Å². The number of aryl methyl sites for hydroxylation is 1. The predicted molar refractivity (Wildman–Crippen MR) is 69.1 cm³/mol. The van der Waals surface area contributed by atoms with E-state index in [9.17, 15) is 0 Å². The molecule has 0 amide bonds. The third-order valence-electron chi connectivity index (χ3n) is 2.35. The molecule has 3 N–H and O–H groups in total. The number of hydrogen-bond donors (Lipinski definition) is 2. The largest absolute Gasteiger partial charge is 0.497 e. The minimum absolute atomic E-state index is 0.0160. The predicted octanol–water partition coefficient (Wildman–Crippen LogP) is 1.26. The van der Waals surface area contributed by atoms with Crippen LogP contribution in [0.15, 0.2) is 34.6 Å². The molecule has 7 heteroatoms. The smallest absolute Gasteiger partial charge is 0.195 e. The van der Waals surface area contributed by atoms with Crippen LogP contribution in [0.2, 0.25) is 0 Å². The van der Waals surface area contributed by atoms with E-state index < -0.39 is 0 Å². The average molecular weight is 263 g/mol. The van der Waals surface area contributed by atoms with Gasteiger partial charge in [0.15, 0.2) is 5.16 Å². The maximum atomic E-state index is 7.57. The second kappa shape index (κ2) is 5.09. The zero-order valence-corrected chi connectivity index (χ0v) is 10.9. The number of aromatic nitrogens is 3. The second-order valence-corrected chi connectivity index (χ2v) is 4.61. The highest BCUT2D eigenvalue weighted by Crippen LogP contribution is 2.31. The Balaban J connectivity index is 2.41. The highest BCUT2D eigenvalue weighted by molar-refractivity contribution is 7.99. The zero-order chi connectivity index (χ0) is 13.1. The van der Waals surface area contributed by atoms with Crippen molar-refractivity contribution in [3.8, 4) is 5.75 Å². The van der Waals surface area contributed by atoms with Crippen molar-refractivity contribution in [2.75, 3.05) is 7.11 Å². The molecule has 0 aliphatic carbocycles. The Kier molecular flexibility index (Phi) is 3.52. The van der Waals surface area contributed by atoms with Gasteiger partial charge >= 0.3 is 0 Å². The van der Waals surface area contributed by atoms with Crippen molar-refractivity contribution in [2.24, 2.45) is 12.8 Å². The molecule has 1 aromatic carbocycles. The number of ether oxygens (including phenoxy) is 1. The zero-order valence-electron chi connectivity index (χ0n) is 10.0. The number of nitrogens with zero attached hydrogens (tertiary/aromatic N) is 3. The van der Waals surface area contributed by atoms with Gasteiger partial charge in [-0.05, 0) is 30.0 Å². The van der Waals surface area contributed by atoms with Gasteiger partial charge < -0.3 is 15.0 Å². The molecule has 0 aliphatic heterocycles. The fraction of sp³-hybridized carbons (Fsp3) is 0.182. The molecule has 6 nitrogen and oxygen atoms in total. The van der Waals surface area contributed by atoms with Gasteiger partial charge in [-0.25, -0.2) is 0 Å². The van der Waals surface area contributed by atoms with Gasteiger partial charge in [0, 0.05) is 17.5 Å². The van der Waals surface area contributed by atoms with E-state index >= 15 is 0 Å². The maximum absolute atomic E-state index is 7.57. The van der Waals surface area contributed by atoms with Crippen molar-refractivity contribution in [2.45, 2.75) is 10.1 Å². The lowest BCUT2D eigenvalue weighted by atomic mass is 10.2. The van der Waals surface area contributed by atoms with Crippen LogP contribution in [0.3, 0.4) is 0 Å². The molecule has 0 saturated carbocycles. The first kappa shape index (κ1) is 12.4. The van der Waals surface area contributed by atoms with Gasteiger partial charge in [-0.3, -0.25) is 5.41 Å². The molecule has 1 aromatic heterocycles. The van der Waals surface area contributed by atoms with E-state index in [4.69, 9.17) is 15.9 Å². The Bertz CT molecular complexity index is 581. The quantitative estimate of drug-likeness (QED) is 0.640. The van der Waals surface area contributed by atoms with E-state index in [1.807, 2.05) is 13.1 Å². The molecule has 0 radical (unpaired) electrons. The number of nitrogen functional groups attached to an aromatic ring is 1. The number of rotatable bonds is 4. The summed E-state index contributed by atoms with van der Waals surface area (Å²) in [6, 6.07) is 5.37. The van der Waals surface area contributed by atoms with Crippen LogP contribution in [0.4, 0.5) is 0 Å². The highest BCUT2D eigenvalue weighted by atomic mass is 32.2. The Morgan fingerprint density at radius 1 is 1.50 bits per heavy atom. The summed E-state index contributed by atoms with van der Waals surface area (Å²) >= 11 is 1.39. The summed E-state index contributed by atoms with van der Waals surface area (Å²) in [6.45, 7) is 0. The number of amidine groups is 1. The van der Waals surface area contributed by atoms with Gasteiger partial charge in [0.1, 0.15) is 17.9 Å². The number of nitrogens with two attached hydrogens (primary N) is 1. The van der Waals surface area contributed by atoms with Crippen LogP contribution < -0.4 is 10.5 Å². The van der Waals surface area contributed by atoms with Gasteiger partial charge in [-0.15, -0.1) is 10.2 Å². The summed E-state index contributed by atoms with van der Waals surface area (Å²) in [6.07, 6.45) is 1.62. The van der Waals surface area contributed by atoms with Crippen molar-refractivity contribution >= 4 is 17.6 Å². The van der Waals surface area contributed by atoms with Gasteiger partial charge in [0.05, 0.1) is 7.11 Å².